The summed E-state index contributed by atoms with van der Waals surface area (Å²) in [5.41, 5.74) is 0.0632. The number of methoxy groups -OCH3 is 1. The predicted molar refractivity (Wildman–Crippen MR) is 79.6 cm³/mol. The minimum Gasteiger partial charge on any atom is -0.494 e. The van der Waals surface area contributed by atoms with Crippen LogP contribution in [0.2, 0.25) is 0 Å². The van der Waals surface area contributed by atoms with Gasteiger partial charge in [0.25, 0.3) is 5.91 Å². The monoisotopic (exact) mass is 308 g/mol. The maximum atomic E-state index is 14.4. The van der Waals surface area contributed by atoms with E-state index < -0.39 is 5.82 Å². The zero-order valence-electron chi connectivity index (χ0n) is 12.9. The van der Waals surface area contributed by atoms with Crippen molar-refractivity contribution in [3.05, 3.63) is 29.6 Å². The highest BCUT2D eigenvalue weighted by atomic mass is 19.1. The first kappa shape index (κ1) is 15.2. The van der Waals surface area contributed by atoms with Crippen LogP contribution in [0.3, 0.4) is 0 Å². The molecule has 1 amide bonds. The highest BCUT2D eigenvalue weighted by Gasteiger charge is 2.39. The molecule has 0 bridgehead atoms. The maximum absolute atomic E-state index is 14.4. The van der Waals surface area contributed by atoms with Gasteiger partial charge in [0.2, 0.25) is 0 Å². The highest BCUT2D eigenvalue weighted by molar-refractivity contribution is 5.95. The average Bonchev–Trinajstić information content (AvgIpc) is 2.54. The molecule has 0 saturated carbocycles. The number of halogens is 1. The summed E-state index contributed by atoms with van der Waals surface area (Å²) >= 11 is 0. The van der Waals surface area contributed by atoms with Gasteiger partial charge in [-0.15, -0.1) is 0 Å². The number of hydrogen-bond donors (Lipinski definition) is 0. The summed E-state index contributed by atoms with van der Waals surface area (Å²) in [4.78, 5) is 16.7. The molecule has 6 heteroatoms. The number of likely N-dealkylation sites (tertiary alicyclic amines) is 1. The normalized spacial score (nSPS) is 25.7. The Balaban J connectivity index is 1.87. The third-order valence-corrected chi connectivity index (χ3v) is 4.46. The van der Waals surface area contributed by atoms with E-state index in [-0.39, 0.29) is 29.4 Å². The fraction of sp³-hybridized carbons (Fsp3) is 0.562. The number of nitrogens with zero attached hydrogens (tertiary/aromatic N) is 2. The van der Waals surface area contributed by atoms with E-state index in [1.165, 1.54) is 19.2 Å². The van der Waals surface area contributed by atoms with Gasteiger partial charge in [0.05, 0.1) is 31.4 Å². The first-order chi connectivity index (χ1) is 10.6. The van der Waals surface area contributed by atoms with Crippen molar-refractivity contribution in [1.29, 1.82) is 0 Å². The van der Waals surface area contributed by atoms with Gasteiger partial charge in [0.1, 0.15) is 0 Å². The van der Waals surface area contributed by atoms with Crippen molar-refractivity contribution in [1.82, 2.24) is 9.80 Å². The number of carbonyl (C=O) groups excluding carboxylic acids is 1. The Hall–Kier alpha value is -1.66. The van der Waals surface area contributed by atoms with Crippen molar-refractivity contribution in [2.45, 2.75) is 18.6 Å². The average molecular weight is 308 g/mol. The molecular weight excluding hydrogens is 287 g/mol. The number of carbonyl (C=O) groups is 1. The summed E-state index contributed by atoms with van der Waals surface area (Å²) in [5.74, 6) is -0.788. The molecule has 0 aromatic heterocycles. The third-order valence-electron chi connectivity index (χ3n) is 4.46. The summed E-state index contributed by atoms with van der Waals surface area (Å²) in [7, 11) is 3.42. The first-order valence-electron chi connectivity index (χ1n) is 7.55. The summed E-state index contributed by atoms with van der Waals surface area (Å²) in [6, 6.07) is 4.64. The van der Waals surface area contributed by atoms with Gasteiger partial charge in [0, 0.05) is 19.6 Å². The molecule has 1 aromatic rings. The lowest BCUT2D eigenvalue weighted by atomic mass is 9.98. The van der Waals surface area contributed by atoms with Gasteiger partial charge in [0.15, 0.2) is 11.6 Å². The van der Waals surface area contributed by atoms with Crippen LogP contribution in [-0.4, -0.2) is 68.3 Å². The summed E-state index contributed by atoms with van der Waals surface area (Å²) in [5, 5.41) is 0. The van der Waals surface area contributed by atoms with Crippen molar-refractivity contribution >= 4 is 5.91 Å². The van der Waals surface area contributed by atoms with Gasteiger partial charge in [-0.3, -0.25) is 4.79 Å². The Morgan fingerprint density at radius 3 is 3.00 bits per heavy atom. The Bertz CT molecular complexity index is 566. The third kappa shape index (κ3) is 2.68. The Morgan fingerprint density at radius 2 is 2.23 bits per heavy atom. The molecule has 0 unspecified atom stereocenters. The Morgan fingerprint density at radius 1 is 1.41 bits per heavy atom. The summed E-state index contributed by atoms with van der Waals surface area (Å²) in [6.07, 6.45) is 0.938. The standard InChI is InChI=1S/C16H21FN2O3/c1-18-7-6-13-12(10-18)19(8-9-22-13)16(20)11-4-3-5-14(21-2)15(11)17/h3-5,12-13H,6-10H2,1-2H3/t12-,13+/m1/s1. The molecule has 2 saturated heterocycles. The smallest absolute Gasteiger partial charge is 0.257 e. The largest absolute Gasteiger partial charge is 0.494 e. The summed E-state index contributed by atoms with van der Waals surface area (Å²) < 4.78 is 25.1. The van der Waals surface area contributed by atoms with E-state index in [1.54, 1.807) is 11.0 Å². The number of morpholine rings is 1. The first-order valence-corrected chi connectivity index (χ1v) is 7.55. The van der Waals surface area contributed by atoms with Gasteiger partial charge in [-0.25, -0.2) is 4.39 Å². The van der Waals surface area contributed by atoms with E-state index in [0.29, 0.717) is 13.2 Å². The van der Waals surface area contributed by atoms with Gasteiger partial charge >= 0.3 is 0 Å². The number of ether oxygens (including phenoxy) is 2. The van der Waals surface area contributed by atoms with Gasteiger partial charge < -0.3 is 19.3 Å². The van der Waals surface area contributed by atoms with Crippen LogP contribution in [0.4, 0.5) is 4.39 Å². The molecule has 2 aliphatic rings. The maximum Gasteiger partial charge on any atom is 0.257 e. The van der Waals surface area contributed by atoms with Crippen LogP contribution in [0.5, 0.6) is 5.75 Å². The van der Waals surface area contributed by atoms with E-state index >= 15 is 0 Å². The van der Waals surface area contributed by atoms with E-state index in [2.05, 4.69) is 4.90 Å². The number of rotatable bonds is 2. The molecule has 120 valence electrons. The molecule has 0 spiro atoms. The van der Waals surface area contributed by atoms with Crippen molar-refractivity contribution < 1.29 is 18.7 Å². The fourth-order valence-corrected chi connectivity index (χ4v) is 3.27. The van der Waals surface area contributed by atoms with Crippen molar-refractivity contribution in [2.24, 2.45) is 0 Å². The second-order valence-corrected chi connectivity index (χ2v) is 5.85. The molecule has 2 heterocycles. The molecule has 2 fully saturated rings. The molecule has 2 aliphatic heterocycles. The van der Waals surface area contributed by atoms with E-state index in [0.717, 1.165) is 19.5 Å². The highest BCUT2D eigenvalue weighted by Crippen LogP contribution is 2.26. The topological polar surface area (TPSA) is 42.0 Å². The molecular formula is C16H21FN2O3. The minimum atomic E-state index is -0.595. The molecule has 0 N–H and O–H groups in total. The van der Waals surface area contributed by atoms with Crippen LogP contribution in [0.25, 0.3) is 0 Å². The Kier molecular flexibility index (Phi) is 4.31. The van der Waals surface area contributed by atoms with E-state index in [4.69, 9.17) is 9.47 Å². The zero-order valence-corrected chi connectivity index (χ0v) is 12.9. The fourth-order valence-electron chi connectivity index (χ4n) is 3.27. The lowest BCUT2D eigenvalue weighted by Crippen LogP contribution is -2.60. The second kappa shape index (κ2) is 6.22. The van der Waals surface area contributed by atoms with Crippen LogP contribution < -0.4 is 4.74 Å². The molecule has 0 aliphatic carbocycles. The van der Waals surface area contributed by atoms with Crippen molar-refractivity contribution in [3.63, 3.8) is 0 Å². The van der Waals surface area contributed by atoms with Crippen LogP contribution in [-0.2, 0) is 4.74 Å². The molecule has 0 radical (unpaired) electrons. The predicted octanol–water partition coefficient (Wildman–Crippen LogP) is 1.38. The quantitative estimate of drug-likeness (QED) is 0.828. The SMILES string of the molecule is COc1cccc(C(=O)N2CCO[C@H]3CCN(C)C[C@H]32)c1F. The van der Waals surface area contributed by atoms with Crippen molar-refractivity contribution in [3.8, 4) is 5.75 Å². The van der Waals surface area contributed by atoms with Gasteiger partial charge in [-0.1, -0.05) is 6.07 Å². The van der Waals surface area contributed by atoms with Crippen LogP contribution in [0.1, 0.15) is 16.8 Å². The lowest BCUT2D eigenvalue weighted by molar-refractivity contribution is -0.0870. The van der Waals surface area contributed by atoms with Gasteiger partial charge in [-0.05, 0) is 25.6 Å². The Labute approximate surface area is 129 Å². The number of amides is 1. The molecule has 3 rings (SSSR count). The van der Waals surface area contributed by atoms with Crippen LogP contribution in [0, 0.1) is 5.82 Å². The molecule has 5 nitrogen and oxygen atoms in total. The number of benzene rings is 1. The van der Waals surface area contributed by atoms with Crippen LogP contribution in [0.15, 0.2) is 18.2 Å². The number of likely N-dealkylation sites (N-methyl/N-ethyl adjacent to an activating group) is 1. The van der Waals surface area contributed by atoms with Crippen molar-refractivity contribution in [2.75, 3.05) is 40.4 Å². The number of fused-ring (bicyclic) bond motifs is 1. The summed E-state index contributed by atoms with van der Waals surface area (Å²) in [6.45, 7) is 2.70. The van der Waals surface area contributed by atoms with E-state index in [9.17, 15) is 9.18 Å². The molecule has 22 heavy (non-hydrogen) atoms. The van der Waals surface area contributed by atoms with Crippen LogP contribution >= 0.6 is 0 Å². The van der Waals surface area contributed by atoms with E-state index in [1.807, 2.05) is 7.05 Å². The minimum absolute atomic E-state index is 0.0226. The second-order valence-electron chi connectivity index (χ2n) is 5.85. The molecule has 1 aromatic carbocycles. The number of hydrogen-bond acceptors (Lipinski definition) is 4. The van der Waals surface area contributed by atoms with Gasteiger partial charge in [-0.2, -0.15) is 0 Å². The number of piperidine rings is 1. The lowest BCUT2D eigenvalue weighted by Gasteiger charge is -2.46. The molecule has 2 atom stereocenters. The zero-order chi connectivity index (χ0) is 15.7.